The Balaban J connectivity index is 2.20. The molecule has 6 nitrogen and oxygen atoms in total. The minimum absolute atomic E-state index is 0.208. The van der Waals surface area contributed by atoms with Crippen molar-refractivity contribution in [2.45, 2.75) is 26.6 Å². The number of hydrogen-bond acceptors (Lipinski definition) is 5. The average Bonchev–Trinajstić information content (AvgIpc) is 2.45. The third kappa shape index (κ3) is 4.06. The summed E-state index contributed by atoms with van der Waals surface area (Å²) in [6.07, 6.45) is 4.15. The lowest BCUT2D eigenvalue weighted by molar-refractivity contribution is -0.222. The highest BCUT2D eigenvalue weighted by atomic mass is 16.7. The van der Waals surface area contributed by atoms with Gasteiger partial charge >= 0.3 is 11.9 Å². The van der Waals surface area contributed by atoms with E-state index in [2.05, 4.69) is 0 Å². The first-order chi connectivity index (χ1) is 10.8. The summed E-state index contributed by atoms with van der Waals surface area (Å²) >= 11 is 0. The number of anilines is 1. The molecule has 0 radical (unpaired) electrons. The molecule has 1 aliphatic rings. The number of cyclic esters (lactones) is 2. The van der Waals surface area contributed by atoms with E-state index in [1.165, 1.54) is 44.0 Å². The van der Waals surface area contributed by atoms with Crippen LogP contribution in [-0.4, -0.2) is 23.6 Å². The summed E-state index contributed by atoms with van der Waals surface area (Å²) in [7, 11) is 0. The molecule has 0 N–H and O–H groups in total. The topological polar surface area (TPSA) is 72.9 Å². The van der Waals surface area contributed by atoms with Gasteiger partial charge in [-0.3, -0.25) is 9.69 Å². The molecule has 0 bridgehead atoms. The first-order valence-electron chi connectivity index (χ1n) is 7.00. The summed E-state index contributed by atoms with van der Waals surface area (Å²) in [6, 6.07) is 8.98. The van der Waals surface area contributed by atoms with Crippen molar-refractivity contribution in [1.29, 1.82) is 0 Å². The monoisotopic (exact) mass is 315 g/mol. The van der Waals surface area contributed by atoms with Crippen LogP contribution in [0.5, 0.6) is 0 Å². The fraction of sp³-hybridized carbons (Fsp3) is 0.235. The highest BCUT2D eigenvalue weighted by Gasteiger charge is 2.38. The maximum absolute atomic E-state index is 11.8. The largest absolute Gasteiger partial charge is 0.419 e. The van der Waals surface area contributed by atoms with Gasteiger partial charge in [-0.2, -0.15) is 0 Å². The van der Waals surface area contributed by atoms with Crippen LogP contribution in [0.4, 0.5) is 5.69 Å². The summed E-state index contributed by atoms with van der Waals surface area (Å²) < 4.78 is 9.96. The number of carbonyl (C=O) groups is 3. The van der Waals surface area contributed by atoms with Crippen molar-refractivity contribution in [3.63, 3.8) is 0 Å². The number of carbonyl (C=O) groups excluding carboxylic acids is 3. The Kier molecular flexibility index (Phi) is 4.64. The van der Waals surface area contributed by atoms with Crippen LogP contribution in [0.1, 0.15) is 20.8 Å². The highest BCUT2D eigenvalue weighted by molar-refractivity contribution is 6.15. The lowest BCUT2D eigenvalue weighted by Gasteiger charge is -2.29. The Morgan fingerprint density at radius 2 is 1.65 bits per heavy atom. The van der Waals surface area contributed by atoms with Gasteiger partial charge in [0.1, 0.15) is 5.57 Å². The smallest absolute Gasteiger partial charge is 0.348 e. The van der Waals surface area contributed by atoms with Gasteiger partial charge in [0.2, 0.25) is 5.91 Å². The number of rotatable bonds is 3. The van der Waals surface area contributed by atoms with Crippen LogP contribution in [0, 0.1) is 0 Å². The van der Waals surface area contributed by atoms with Gasteiger partial charge in [-0.25, -0.2) is 9.59 Å². The van der Waals surface area contributed by atoms with Gasteiger partial charge in [0.15, 0.2) is 0 Å². The van der Waals surface area contributed by atoms with Crippen LogP contribution >= 0.6 is 0 Å². The number of nitrogens with zero attached hydrogens (tertiary/aromatic N) is 1. The predicted octanol–water partition coefficient (Wildman–Crippen LogP) is 2.32. The lowest BCUT2D eigenvalue weighted by atomic mass is 10.2. The van der Waals surface area contributed by atoms with Crippen molar-refractivity contribution in [2.75, 3.05) is 4.90 Å². The van der Waals surface area contributed by atoms with E-state index >= 15 is 0 Å². The van der Waals surface area contributed by atoms with Gasteiger partial charge in [-0.1, -0.05) is 18.2 Å². The molecule has 1 aromatic rings. The van der Waals surface area contributed by atoms with E-state index in [0.717, 1.165) is 0 Å². The van der Waals surface area contributed by atoms with Gasteiger partial charge in [0.25, 0.3) is 5.79 Å². The van der Waals surface area contributed by atoms with Gasteiger partial charge in [0, 0.05) is 32.7 Å². The van der Waals surface area contributed by atoms with Crippen LogP contribution < -0.4 is 4.90 Å². The first-order valence-corrected chi connectivity index (χ1v) is 7.00. The quantitative estimate of drug-likeness (QED) is 0.486. The molecule has 0 spiro atoms. The SMILES string of the molecule is CC(=O)N(/C=C/C=C1C(=O)OC(C)(C)OC1=O)c1ccccc1. The van der Waals surface area contributed by atoms with Crippen molar-refractivity contribution < 1.29 is 23.9 Å². The van der Waals surface area contributed by atoms with Crippen molar-refractivity contribution in [2.24, 2.45) is 0 Å². The van der Waals surface area contributed by atoms with Crippen molar-refractivity contribution in [1.82, 2.24) is 0 Å². The number of ether oxygens (including phenoxy) is 2. The van der Waals surface area contributed by atoms with Crippen molar-refractivity contribution in [3.05, 3.63) is 54.3 Å². The van der Waals surface area contributed by atoms with Crippen molar-refractivity contribution in [3.8, 4) is 0 Å². The second-order valence-corrected chi connectivity index (χ2v) is 5.33. The van der Waals surface area contributed by atoms with Crippen LogP contribution in [0.25, 0.3) is 0 Å². The normalized spacial score (nSPS) is 16.7. The molecule has 1 heterocycles. The summed E-state index contributed by atoms with van der Waals surface area (Å²) in [6.45, 7) is 4.36. The fourth-order valence-electron chi connectivity index (χ4n) is 1.98. The average molecular weight is 315 g/mol. The molecule has 0 unspecified atom stereocenters. The third-order valence-electron chi connectivity index (χ3n) is 2.99. The zero-order valence-electron chi connectivity index (χ0n) is 13.1. The minimum atomic E-state index is -1.27. The number of esters is 2. The maximum atomic E-state index is 11.8. The Morgan fingerprint density at radius 1 is 1.09 bits per heavy atom. The van der Waals surface area contributed by atoms with Crippen molar-refractivity contribution >= 4 is 23.5 Å². The van der Waals surface area contributed by atoms with Gasteiger partial charge in [-0.05, 0) is 24.3 Å². The molecule has 2 rings (SSSR count). The molecule has 0 atom stereocenters. The molecule has 1 saturated heterocycles. The van der Waals surface area contributed by atoms with Gasteiger partial charge < -0.3 is 9.47 Å². The molecule has 0 aromatic heterocycles. The molecule has 1 aromatic carbocycles. The van der Waals surface area contributed by atoms with Crippen LogP contribution in [-0.2, 0) is 23.9 Å². The Morgan fingerprint density at radius 3 is 2.17 bits per heavy atom. The number of allylic oxidation sites excluding steroid dienone is 2. The fourth-order valence-corrected chi connectivity index (χ4v) is 1.98. The van der Waals surface area contributed by atoms with E-state index in [-0.39, 0.29) is 11.5 Å². The Bertz CT molecular complexity index is 666. The second-order valence-electron chi connectivity index (χ2n) is 5.33. The van der Waals surface area contributed by atoms with E-state index in [0.29, 0.717) is 5.69 Å². The number of para-hydroxylation sites is 1. The number of benzene rings is 1. The summed E-state index contributed by atoms with van der Waals surface area (Å²) in [4.78, 5) is 36.7. The van der Waals surface area contributed by atoms with E-state index in [1.807, 2.05) is 6.07 Å². The Hall–Kier alpha value is -2.89. The second kappa shape index (κ2) is 6.48. The molecule has 6 heteroatoms. The number of amides is 1. The minimum Gasteiger partial charge on any atom is -0.419 e. The van der Waals surface area contributed by atoms with Crippen LogP contribution in [0.2, 0.25) is 0 Å². The maximum Gasteiger partial charge on any atom is 0.348 e. The lowest BCUT2D eigenvalue weighted by Crippen LogP contribution is -2.41. The van der Waals surface area contributed by atoms with Crippen LogP contribution in [0.3, 0.4) is 0 Å². The molecule has 0 saturated carbocycles. The van der Waals surface area contributed by atoms with E-state index < -0.39 is 17.7 Å². The van der Waals surface area contributed by atoms with Gasteiger partial charge in [-0.15, -0.1) is 0 Å². The summed E-state index contributed by atoms with van der Waals surface area (Å²) in [5.41, 5.74) is 0.446. The number of hydrogen-bond donors (Lipinski definition) is 0. The zero-order chi connectivity index (χ0) is 17.0. The molecular formula is C17H17NO5. The third-order valence-corrected chi connectivity index (χ3v) is 2.99. The van der Waals surface area contributed by atoms with Gasteiger partial charge in [0.05, 0.1) is 0 Å². The highest BCUT2D eigenvalue weighted by Crippen LogP contribution is 2.22. The molecule has 120 valence electrons. The molecule has 1 aliphatic heterocycles. The van der Waals surface area contributed by atoms with E-state index in [1.54, 1.807) is 24.3 Å². The predicted molar refractivity (Wildman–Crippen MR) is 83.1 cm³/mol. The first kappa shape index (κ1) is 16.5. The standard InChI is InChI=1S/C17H17NO5/c1-12(19)18(13-8-5-4-6-9-13)11-7-10-14-15(20)22-17(2,3)23-16(14)21/h4-11H,1-3H3/b11-7+. The van der Waals surface area contributed by atoms with E-state index in [4.69, 9.17) is 9.47 Å². The molecule has 1 fully saturated rings. The summed E-state index contributed by atoms with van der Waals surface area (Å²) in [5.74, 6) is -3.00. The van der Waals surface area contributed by atoms with Crippen LogP contribution in [0.15, 0.2) is 54.3 Å². The molecule has 23 heavy (non-hydrogen) atoms. The molecule has 0 aliphatic carbocycles. The summed E-state index contributed by atoms with van der Waals surface area (Å²) in [5, 5.41) is 0. The Labute approximate surface area is 134 Å². The van der Waals surface area contributed by atoms with E-state index in [9.17, 15) is 14.4 Å². The zero-order valence-corrected chi connectivity index (χ0v) is 13.1. The molecule has 1 amide bonds. The molecular weight excluding hydrogens is 298 g/mol.